The number of hydrogen-bond acceptors (Lipinski definition) is 1. The molecule has 62 valence electrons. The van der Waals surface area contributed by atoms with Gasteiger partial charge < -0.3 is 5.11 Å². The van der Waals surface area contributed by atoms with Crippen molar-refractivity contribution in [1.29, 1.82) is 0 Å². The Kier molecular flexibility index (Phi) is 2.50. The van der Waals surface area contributed by atoms with Crippen LogP contribution >= 0.6 is 0 Å². The van der Waals surface area contributed by atoms with E-state index in [9.17, 15) is 5.11 Å². The molecular formula is C10H16O. The summed E-state index contributed by atoms with van der Waals surface area (Å²) in [4.78, 5) is 0. The molecule has 1 unspecified atom stereocenters. The molecule has 0 radical (unpaired) electrons. The van der Waals surface area contributed by atoms with Gasteiger partial charge in [0.15, 0.2) is 0 Å². The van der Waals surface area contributed by atoms with Crippen LogP contribution in [0, 0.1) is 5.92 Å². The highest BCUT2D eigenvalue weighted by molar-refractivity contribution is 5.11. The molecule has 1 fully saturated rings. The Hall–Kier alpha value is -0.560. The minimum atomic E-state index is -0.287. The molecule has 1 heteroatoms. The number of allylic oxidation sites excluding steroid dienone is 1. The molecule has 1 rings (SSSR count). The van der Waals surface area contributed by atoms with Crippen LogP contribution in [-0.2, 0) is 0 Å². The van der Waals surface area contributed by atoms with Crippen molar-refractivity contribution in [3.05, 3.63) is 24.3 Å². The van der Waals surface area contributed by atoms with Crippen molar-refractivity contribution in [2.45, 2.75) is 32.3 Å². The van der Waals surface area contributed by atoms with Gasteiger partial charge in [-0.15, -0.1) is 0 Å². The van der Waals surface area contributed by atoms with E-state index in [-0.39, 0.29) is 6.10 Å². The van der Waals surface area contributed by atoms with Crippen molar-refractivity contribution in [3.8, 4) is 0 Å². The predicted octanol–water partition coefficient (Wildman–Crippen LogP) is 2.28. The Morgan fingerprint density at radius 1 is 1.64 bits per heavy atom. The van der Waals surface area contributed by atoms with Gasteiger partial charge in [0.2, 0.25) is 0 Å². The third-order valence-corrected chi connectivity index (χ3v) is 2.49. The molecule has 0 aromatic heterocycles. The van der Waals surface area contributed by atoms with Gasteiger partial charge in [0.05, 0.1) is 6.10 Å². The van der Waals surface area contributed by atoms with Gasteiger partial charge in [-0.3, -0.25) is 0 Å². The van der Waals surface area contributed by atoms with Gasteiger partial charge in [0.25, 0.3) is 0 Å². The average molecular weight is 152 g/mol. The van der Waals surface area contributed by atoms with Crippen molar-refractivity contribution in [3.63, 3.8) is 0 Å². The lowest BCUT2D eigenvalue weighted by Gasteiger charge is -2.27. The molecule has 11 heavy (non-hydrogen) atoms. The molecular weight excluding hydrogens is 136 g/mol. The molecule has 0 heterocycles. The number of rotatable bonds is 1. The second-order valence-electron chi connectivity index (χ2n) is 3.49. The molecule has 0 spiro atoms. The monoisotopic (exact) mass is 152 g/mol. The standard InChI is InChI=1S/C10H16O/c1-7(2)9-5-4-8(3)10(11)6-9/h9-11H,1,3-6H2,2H3/t9-,10?/m0/s1. The van der Waals surface area contributed by atoms with E-state index < -0.39 is 0 Å². The molecule has 1 N–H and O–H groups in total. The zero-order valence-electron chi connectivity index (χ0n) is 7.14. The van der Waals surface area contributed by atoms with E-state index in [4.69, 9.17) is 0 Å². The molecule has 1 aliphatic carbocycles. The van der Waals surface area contributed by atoms with Gasteiger partial charge in [0.1, 0.15) is 0 Å². The van der Waals surface area contributed by atoms with Crippen molar-refractivity contribution in [2.24, 2.45) is 5.92 Å². The molecule has 1 aliphatic rings. The van der Waals surface area contributed by atoms with Gasteiger partial charge in [-0.05, 0) is 37.7 Å². The Bertz CT molecular complexity index is 181. The fourth-order valence-electron chi connectivity index (χ4n) is 1.53. The molecule has 0 bridgehead atoms. The van der Waals surface area contributed by atoms with Crippen molar-refractivity contribution >= 4 is 0 Å². The zero-order chi connectivity index (χ0) is 8.43. The van der Waals surface area contributed by atoms with Crippen LogP contribution in [0.4, 0.5) is 0 Å². The quantitative estimate of drug-likeness (QED) is 0.571. The smallest absolute Gasteiger partial charge is 0.0753 e. The fraction of sp³-hybridized carbons (Fsp3) is 0.600. The SMILES string of the molecule is C=C1CC[C@H](C(=C)C)CC1O. The topological polar surface area (TPSA) is 20.2 Å². The van der Waals surface area contributed by atoms with Crippen LogP contribution in [0.1, 0.15) is 26.2 Å². The summed E-state index contributed by atoms with van der Waals surface area (Å²) in [6.45, 7) is 9.74. The number of aliphatic hydroxyl groups is 1. The highest BCUT2D eigenvalue weighted by Crippen LogP contribution is 2.31. The van der Waals surface area contributed by atoms with Gasteiger partial charge >= 0.3 is 0 Å². The first kappa shape index (κ1) is 8.54. The molecule has 1 nitrogen and oxygen atoms in total. The van der Waals surface area contributed by atoms with Crippen molar-refractivity contribution < 1.29 is 5.11 Å². The largest absolute Gasteiger partial charge is 0.389 e. The third-order valence-electron chi connectivity index (χ3n) is 2.49. The maximum Gasteiger partial charge on any atom is 0.0753 e. The highest BCUT2D eigenvalue weighted by Gasteiger charge is 2.22. The second-order valence-corrected chi connectivity index (χ2v) is 3.49. The van der Waals surface area contributed by atoms with Crippen LogP contribution in [0.15, 0.2) is 24.3 Å². The highest BCUT2D eigenvalue weighted by atomic mass is 16.3. The molecule has 2 atom stereocenters. The van der Waals surface area contributed by atoms with Crippen molar-refractivity contribution in [1.82, 2.24) is 0 Å². The van der Waals surface area contributed by atoms with E-state index in [1.54, 1.807) is 0 Å². The fourth-order valence-corrected chi connectivity index (χ4v) is 1.53. The van der Waals surface area contributed by atoms with E-state index in [1.165, 1.54) is 5.57 Å². The van der Waals surface area contributed by atoms with Crippen molar-refractivity contribution in [2.75, 3.05) is 0 Å². The van der Waals surface area contributed by atoms with E-state index in [0.29, 0.717) is 5.92 Å². The number of aliphatic hydroxyl groups excluding tert-OH is 1. The molecule has 1 saturated carbocycles. The molecule has 0 amide bonds. The first-order valence-electron chi connectivity index (χ1n) is 4.12. The van der Waals surface area contributed by atoms with Crippen LogP contribution in [-0.4, -0.2) is 11.2 Å². The molecule has 0 saturated heterocycles. The zero-order valence-corrected chi connectivity index (χ0v) is 7.14. The maximum atomic E-state index is 9.46. The normalized spacial score (nSPS) is 32.0. The average Bonchev–Trinajstić information content (AvgIpc) is 1.94. The summed E-state index contributed by atoms with van der Waals surface area (Å²) in [6, 6.07) is 0. The van der Waals surface area contributed by atoms with Gasteiger partial charge in [-0.1, -0.05) is 18.7 Å². The van der Waals surface area contributed by atoms with E-state index in [2.05, 4.69) is 13.2 Å². The first-order valence-corrected chi connectivity index (χ1v) is 4.12. The lowest BCUT2D eigenvalue weighted by molar-refractivity contribution is 0.159. The lowest BCUT2D eigenvalue weighted by Crippen LogP contribution is -2.22. The first-order chi connectivity index (χ1) is 5.11. The Morgan fingerprint density at radius 2 is 2.27 bits per heavy atom. The van der Waals surface area contributed by atoms with Crippen LogP contribution in [0.2, 0.25) is 0 Å². The van der Waals surface area contributed by atoms with E-state index >= 15 is 0 Å². The summed E-state index contributed by atoms with van der Waals surface area (Å²) in [5.41, 5.74) is 2.18. The van der Waals surface area contributed by atoms with Gasteiger partial charge in [-0.25, -0.2) is 0 Å². The second kappa shape index (κ2) is 3.22. The Morgan fingerprint density at radius 3 is 2.73 bits per heavy atom. The summed E-state index contributed by atoms with van der Waals surface area (Å²) in [7, 11) is 0. The lowest BCUT2D eigenvalue weighted by atomic mass is 9.81. The summed E-state index contributed by atoms with van der Waals surface area (Å²) < 4.78 is 0. The Labute approximate surface area is 68.4 Å². The molecule has 0 aromatic carbocycles. The summed E-state index contributed by atoms with van der Waals surface area (Å²) in [6.07, 6.45) is 2.61. The molecule has 0 aromatic rings. The minimum Gasteiger partial charge on any atom is -0.389 e. The van der Waals surface area contributed by atoms with Gasteiger partial charge in [0, 0.05) is 0 Å². The van der Waals surface area contributed by atoms with Gasteiger partial charge in [-0.2, -0.15) is 0 Å². The predicted molar refractivity (Wildman–Crippen MR) is 47.3 cm³/mol. The summed E-state index contributed by atoms with van der Waals surface area (Å²) in [5.74, 6) is 0.510. The van der Waals surface area contributed by atoms with Crippen LogP contribution in [0.3, 0.4) is 0 Å². The van der Waals surface area contributed by atoms with E-state index in [1.807, 2.05) is 6.92 Å². The maximum absolute atomic E-state index is 9.46. The summed E-state index contributed by atoms with van der Waals surface area (Å²) >= 11 is 0. The van der Waals surface area contributed by atoms with E-state index in [0.717, 1.165) is 24.8 Å². The molecule has 0 aliphatic heterocycles. The summed E-state index contributed by atoms with van der Waals surface area (Å²) in [5, 5.41) is 9.46. The third kappa shape index (κ3) is 1.93. The van der Waals surface area contributed by atoms with Crippen LogP contribution < -0.4 is 0 Å². The van der Waals surface area contributed by atoms with Crippen LogP contribution in [0.5, 0.6) is 0 Å². The number of hydrogen-bond donors (Lipinski definition) is 1. The minimum absolute atomic E-state index is 0.287. The van der Waals surface area contributed by atoms with Crippen LogP contribution in [0.25, 0.3) is 0 Å². The Balaban J connectivity index is 2.52.